The van der Waals surface area contributed by atoms with Gasteiger partial charge in [-0.05, 0) is 48.4 Å². The van der Waals surface area contributed by atoms with E-state index in [9.17, 15) is 8.42 Å². The number of nitrogens with one attached hydrogen (secondary N) is 2. The summed E-state index contributed by atoms with van der Waals surface area (Å²) in [6.07, 6.45) is 0.815. The fourth-order valence-corrected chi connectivity index (χ4v) is 2.90. The van der Waals surface area contributed by atoms with E-state index >= 15 is 0 Å². The van der Waals surface area contributed by atoms with E-state index in [0.717, 1.165) is 28.5 Å². The zero-order valence-corrected chi connectivity index (χ0v) is 16.3. The van der Waals surface area contributed by atoms with Crippen molar-refractivity contribution in [1.82, 2.24) is 4.31 Å². The summed E-state index contributed by atoms with van der Waals surface area (Å²) in [7, 11) is 2.70. The fraction of sp³-hybridized carbons (Fsp3) is 0.333. The Balaban J connectivity index is 1.90. The van der Waals surface area contributed by atoms with E-state index in [1.54, 1.807) is 26.4 Å². The molecule has 2 rings (SSSR count). The number of nitrogens with zero attached hydrogens (tertiary/aromatic N) is 1. The van der Waals surface area contributed by atoms with Crippen LogP contribution < -0.4 is 19.5 Å². The SMILES string of the molecule is COc1ccc(CCNc2ccc(NS(=O)(=O)N(C)C)cc2)cc1OC. The van der Waals surface area contributed by atoms with Gasteiger partial charge in [0.05, 0.1) is 14.2 Å². The lowest BCUT2D eigenvalue weighted by Gasteiger charge is -2.14. The zero-order chi connectivity index (χ0) is 19.2. The molecule has 0 spiro atoms. The summed E-state index contributed by atoms with van der Waals surface area (Å²) in [6, 6.07) is 13.0. The fourth-order valence-electron chi connectivity index (χ4n) is 2.28. The quantitative estimate of drug-likeness (QED) is 0.700. The predicted octanol–water partition coefficient (Wildman–Crippen LogP) is 2.58. The van der Waals surface area contributed by atoms with Gasteiger partial charge in [-0.1, -0.05) is 6.07 Å². The lowest BCUT2D eigenvalue weighted by atomic mass is 10.1. The van der Waals surface area contributed by atoms with Crippen LogP contribution in [0.1, 0.15) is 5.56 Å². The van der Waals surface area contributed by atoms with E-state index in [0.29, 0.717) is 17.2 Å². The lowest BCUT2D eigenvalue weighted by molar-refractivity contribution is 0.354. The topological polar surface area (TPSA) is 79.9 Å². The summed E-state index contributed by atoms with van der Waals surface area (Å²) in [6.45, 7) is 0.734. The molecule has 0 aliphatic heterocycles. The van der Waals surface area contributed by atoms with Gasteiger partial charge in [-0.25, -0.2) is 0 Å². The maximum atomic E-state index is 11.8. The number of methoxy groups -OCH3 is 2. The number of ether oxygens (including phenoxy) is 2. The van der Waals surface area contributed by atoms with Gasteiger partial charge < -0.3 is 14.8 Å². The summed E-state index contributed by atoms with van der Waals surface area (Å²) in [5, 5.41) is 3.31. The average molecular weight is 379 g/mol. The number of rotatable bonds is 9. The molecule has 0 fully saturated rings. The Kier molecular flexibility index (Phi) is 6.70. The minimum absolute atomic E-state index is 0.518. The van der Waals surface area contributed by atoms with Gasteiger partial charge in [0.15, 0.2) is 11.5 Å². The first kappa shape index (κ1) is 19.9. The molecule has 0 aromatic heterocycles. The van der Waals surface area contributed by atoms with Crippen LogP contribution in [0.5, 0.6) is 11.5 Å². The molecule has 0 saturated heterocycles. The van der Waals surface area contributed by atoms with Crippen LogP contribution >= 0.6 is 0 Å². The summed E-state index contributed by atoms with van der Waals surface area (Å²) in [4.78, 5) is 0. The number of benzene rings is 2. The minimum Gasteiger partial charge on any atom is -0.493 e. The number of anilines is 2. The second-order valence-electron chi connectivity index (χ2n) is 5.83. The van der Waals surface area contributed by atoms with E-state index in [1.807, 2.05) is 30.3 Å². The van der Waals surface area contributed by atoms with Crippen LogP contribution in [-0.4, -0.2) is 47.6 Å². The molecule has 0 bridgehead atoms. The largest absolute Gasteiger partial charge is 0.493 e. The van der Waals surface area contributed by atoms with Gasteiger partial charge >= 0.3 is 10.2 Å². The molecule has 0 heterocycles. The third-order valence-electron chi connectivity index (χ3n) is 3.80. The monoisotopic (exact) mass is 379 g/mol. The highest BCUT2D eigenvalue weighted by Crippen LogP contribution is 2.27. The summed E-state index contributed by atoms with van der Waals surface area (Å²) in [5.74, 6) is 1.42. The number of hydrogen-bond donors (Lipinski definition) is 2. The second-order valence-corrected chi connectivity index (χ2v) is 7.72. The molecule has 2 aromatic rings. The molecule has 0 radical (unpaired) electrons. The smallest absolute Gasteiger partial charge is 0.301 e. The second kappa shape index (κ2) is 8.77. The summed E-state index contributed by atoms with van der Waals surface area (Å²) in [5.41, 5.74) is 2.56. The highest BCUT2D eigenvalue weighted by Gasteiger charge is 2.12. The maximum Gasteiger partial charge on any atom is 0.301 e. The van der Waals surface area contributed by atoms with Crippen LogP contribution in [0.15, 0.2) is 42.5 Å². The summed E-state index contributed by atoms with van der Waals surface area (Å²) < 4.78 is 37.7. The summed E-state index contributed by atoms with van der Waals surface area (Å²) >= 11 is 0. The van der Waals surface area contributed by atoms with Crippen LogP contribution in [0.3, 0.4) is 0 Å². The van der Waals surface area contributed by atoms with Crippen molar-refractivity contribution in [2.24, 2.45) is 0 Å². The van der Waals surface area contributed by atoms with Crippen molar-refractivity contribution in [2.75, 3.05) is 44.9 Å². The molecule has 0 aliphatic carbocycles. The van der Waals surface area contributed by atoms with Crippen LogP contribution in [0.4, 0.5) is 11.4 Å². The third-order valence-corrected chi connectivity index (χ3v) is 5.26. The Bertz CT molecular complexity index is 821. The Morgan fingerprint density at radius 3 is 2.12 bits per heavy atom. The Morgan fingerprint density at radius 2 is 1.54 bits per heavy atom. The van der Waals surface area contributed by atoms with Crippen molar-refractivity contribution in [2.45, 2.75) is 6.42 Å². The van der Waals surface area contributed by atoms with Crippen molar-refractivity contribution in [3.8, 4) is 11.5 Å². The molecule has 142 valence electrons. The van der Waals surface area contributed by atoms with E-state index in [1.165, 1.54) is 14.1 Å². The molecule has 0 atom stereocenters. The first-order chi connectivity index (χ1) is 12.4. The van der Waals surface area contributed by atoms with Crippen molar-refractivity contribution < 1.29 is 17.9 Å². The zero-order valence-electron chi connectivity index (χ0n) is 15.4. The average Bonchev–Trinajstić information content (AvgIpc) is 2.62. The molecule has 2 aromatic carbocycles. The molecule has 8 heteroatoms. The molecule has 2 N–H and O–H groups in total. The predicted molar refractivity (Wildman–Crippen MR) is 104 cm³/mol. The van der Waals surface area contributed by atoms with Gasteiger partial charge in [0.1, 0.15) is 0 Å². The molecular formula is C18H25N3O4S. The molecule has 26 heavy (non-hydrogen) atoms. The van der Waals surface area contributed by atoms with Crippen molar-refractivity contribution >= 4 is 21.6 Å². The van der Waals surface area contributed by atoms with Gasteiger partial charge in [0, 0.05) is 32.0 Å². The molecule has 0 saturated carbocycles. The first-order valence-corrected chi connectivity index (χ1v) is 9.55. The van der Waals surface area contributed by atoms with E-state index in [2.05, 4.69) is 10.0 Å². The standard InChI is InChI=1S/C18H25N3O4S/c1-21(2)26(22,23)20-16-8-6-15(7-9-16)19-12-11-14-5-10-17(24-3)18(13-14)25-4/h5-10,13,19-20H,11-12H2,1-4H3. The van der Waals surface area contributed by atoms with Gasteiger partial charge in [0.2, 0.25) is 0 Å². The highest BCUT2D eigenvalue weighted by molar-refractivity contribution is 7.90. The van der Waals surface area contributed by atoms with Crippen LogP contribution in [-0.2, 0) is 16.6 Å². The molecule has 0 amide bonds. The van der Waals surface area contributed by atoms with E-state index in [4.69, 9.17) is 9.47 Å². The maximum absolute atomic E-state index is 11.8. The molecular weight excluding hydrogens is 354 g/mol. The normalized spacial score (nSPS) is 11.3. The first-order valence-electron chi connectivity index (χ1n) is 8.11. The molecule has 0 unspecified atom stereocenters. The Hall–Kier alpha value is -2.45. The van der Waals surface area contributed by atoms with Gasteiger partial charge in [-0.3, -0.25) is 4.72 Å². The highest BCUT2D eigenvalue weighted by atomic mass is 32.2. The molecule has 7 nitrogen and oxygen atoms in total. The molecule has 0 aliphatic rings. The van der Waals surface area contributed by atoms with E-state index < -0.39 is 10.2 Å². The Morgan fingerprint density at radius 1 is 0.923 bits per heavy atom. The Labute approximate surface area is 155 Å². The van der Waals surface area contributed by atoms with Crippen molar-refractivity contribution in [1.29, 1.82) is 0 Å². The van der Waals surface area contributed by atoms with Crippen LogP contribution in [0.25, 0.3) is 0 Å². The van der Waals surface area contributed by atoms with Gasteiger partial charge in [-0.15, -0.1) is 0 Å². The van der Waals surface area contributed by atoms with Crippen molar-refractivity contribution in [3.05, 3.63) is 48.0 Å². The lowest BCUT2D eigenvalue weighted by Crippen LogP contribution is -2.28. The van der Waals surface area contributed by atoms with E-state index in [-0.39, 0.29) is 0 Å². The van der Waals surface area contributed by atoms with Crippen molar-refractivity contribution in [3.63, 3.8) is 0 Å². The van der Waals surface area contributed by atoms with Gasteiger partial charge in [-0.2, -0.15) is 12.7 Å². The third kappa shape index (κ3) is 5.27. The van der Waals surface area contributed by atoms with Crippen LogP contribution in [0.2, 0.25) is 0 Å². The van der Waals surface area contributed by atoms with Crippen LogP contribution in [0, 0.1) is 0 Å². The number of hydrogen-bond acceptors (Lipinski definition) is 5. The van der Waals surface area contributed by atoms with Gasteiger partial charge in [0.25, 0.3) is 0 Å². The minimum atomic E-state index is -3.49.